The molecular weight excluding hydrogens is 403 g/mol. The Morgan fingerprint density at radius 3 is 2.64 bits per heavy atom. The van der Waals surface area contributed by atoms with Crippen LogP contribution in [0.15, 0.2) is 58.5 Å². The lowest BCUT2D eigenvalue weighted by atomic mass is 10.1. The van der Waals surface area contributed by atoms with Crippen LogP contribution in [-0.2, 0) is 4.79 Å². The van der Waals surface area contributed by atoms with Crippen molar-refractivity contribution >= 4 is 35.0 Å². The Bertz CT molecular complexity index is 1130. The predicted octanol–water partition coefficient (Wildman–Crippen LogP) is 3.83. The maximum Gasteiger partial charge on any atom is 0.270 e. The van der Waals surface area contributed by atoms with E-state index in [1.165, 1.54) is 18.2 Å². The minimum absolute atomic E-state index is 0.0660. The van der Waals surface area contributed by atoms with Crippen LogP contribution in [0.1, 0.15) is 5.56 Å². The number of nitriles is 1. The summed E-state index contributed by atoms with van der Waals surface area (Å²) in [4.78, 5) is 31.0. The molecule has 140 valence electrons. The SMILES string of the molecule is N#Cc1c(-c2ccc(Cl)cc2)nc(SCC(=O)Nc2ccccc2F)[nH]c1=O. The zero-order valence-corrected chi connectivity index (χ0v) is 15.8. The number of benzene rings is 2. The molecule has 6 nitrogen and oxygen atoms in total. The normalized spacial score (nSPS) is 10.3. The van der Waals surface area contributed by atoms with E-state index in [0.717, 1.165) is 11.8 Å². The Kier molecular flexibility index (Phi) is 6.09. The number of nitrogens with zero attached hydrogens (tertiary/aromatic N) is 2. The fraction of sp³-hybridized carbons (Fsp3) is 0.0526. The molecule has 3 aromatic rings. The second-order valence-corrected chi connectivity index (χ2v) is 6.93. The monoisotopic (exact) mass is 414 g/mol. The van der Waals surface area contributed by atoms with Gasteiger partial charge >= 0.3 is 0 Å². The number of halogens is 2. The minimum atomic E-state index is -0.612. The number of H-pyrrole nitrogens is 1. The molecule has 0 aliphatic carbocycles. The quantitative estimate of drug-likeness (QED) is 0.488. The van der Waals surface area contributed by atoms with Crippen LogP contribution in [-0.4, -0.2) is 21.6 Å². The molecule has 28 heavy (non-hydrogen) atoms. The smallest absolute Gasteiger partial charge is 0.270 e. The number of carbonyl (C=O) groups is 1. The van der Waals surface area contributed by atoms with Crippen molar-refractivity contribution in [2.24, 2.45) is 0 Å². The Morgan fingerprint density at radius 1 is 1.25 bits per heavy atom. The number of anilines is 1. The molecule has 3 rings (SSSR count). The van der Waals surface area contributed by atoms with Crippen LogP contribution in [0.2, 0.25) is 5.02 Å². The van der Waals surface area contributed by atoms with E-state index in [4.69, 9.17) is 11.6 Å². The summed E-state index contributed by atoms with van der Waals surface area (Å²) in [5, 5.41) is 12.4. The van der Waals surface area contributed by atoms with Crippen molar-refractivity contribution < 1.29 is 9.18 Å². The largest absolute Gasteiger partial charge is 0.323 e. The predicted molar refractivity (Wildman–Crippen MR) is 106 cm³/mol. The van der Waals surface area contributed by atoms with Crippen molar-refractivity contribution in [3.05, 3.63) is 75.3 Å². The van der Waals surface area contributed by atoms with Crippen LogP contribution in [0.5, 0.6) is 0 Å². The third-order valence-electron chi connectivity index (χ3n) is 3.62. The van der Waals surface area contributed by atoms with Gasteiger partial charge in [-0.15, -0.1) is 0 Å². The van der Waals surface area contributed by atoms with E-state index in [1.54, 1.807) is 30.3 Å². The first-order valence-electron chi connectivity index (χ1n) is 7.95. The number of carbonyl (C=O) groups excluding carboxylic acids is 1. The number of aromatic nitrogens is 2. The molecule has 2 N–H and O–H groups in total. The highest BCUT2D eigenvalue weighted by Gasteiger charge is 2.15. The number of hydrogen-bond acceptors (Lipinski definition) is 5. The summed E-state index contributed by atoms with van der Waals surface area (Å²) in [6, 6.07) is 14.2. The number of nitrogens with one attached hydrogen (secondary N) is 2. The van der Waals surface area contributed by atoms with Crippen molar-refractivity contribution in [1.29, 1.82) is 5.26 Å². The summed E-state index contributed by atoms with van der Waals surface area (Å²) in [5.74, 6) is -1.12. The Hall–Kier alpha value is -3.15. The third-order valence-corrected chi connectivity index (χ3v) is 4.74. The summed E-state index contributed by atoms with van der Waals surface area (Å²) < 4.78 is 13.6. The molecule has 0 aliphatic rings. The second-order valence-electron chi connectivity index (χ2n) is 5.53. The Morgan fingerprint density at radius 2 is 1.96 bits per heavy atom. The molecule has 0 radical (unpaired) electrons. The first kappa shape index (κ1) is 19.6. The number of aromatic amines is 1. The average molecular weight is 415 g/mol. The molecule has 0 saturated carbocycles. The molecule has 2 aromatic carbocycles. The van der Waals surface area contributed by atoms with Crippen LogP contribution in [0.25, 0.3) is 11.3 Å². The number of rotatable bonds is 5. The molecular formula is C19H12ClFN4O2S. The lowest BCUT2D eigenvalue weighted by Gasteiger charge is -2.08. The number of para-hydroxylation sites is 1. The van der Waals surface area contributed by atoms with Crippen molar-refractivity contribution in [2.75, 3.05) is 11.1 Å². The molecule has 1 aromatic heterocycles. The van der Waals surface area contributed by atoms with E-state index < -0.39 is 17.3 Å². The first-order valence-corrected chi connectivity index (χ1v) is 9.32. The molecule has 0 bridgehead atoms. The van der Waals surface area contributed by atoms with Crippen LogP contribution in [0.3, 0.4) is 0 Å². The van der Waals surface area contributed by atoms with E-state index in [9.17, 15) is 19.2 Å². The summed E-state index contributed by atoms with van der Waals surface area (Å²) in [6.07, 6.45) is 0. The van der Waals surface area contributed by atoms with Crippen molar-refractivity contribution in [3.63, 3.8) is 0 Å². The van der Waals surface area contributed by atoms with Gasteiger partial charge in [0.15, 0.2) is 5.16 Å². The van der Waals surface area contributed by atoms with Gasteiger partial charge in [0.05, 0.1) is 17.1 Å². The summed E-state index contributed by atoms with van der Waals surface area (Å²) in [5.41, 5.74) is 0.0582. The van der Waals surface area contributed by atoms with E-state index in [2.05, 4.69) is 15.3 Å². The zero-order chi connectivity index (χ0) is 20.1. The fourth-order valence-electron chi connectivity index (χ4n) is 2.32. The van der Waals surface area contributed by atoms with Crippen LogP contribution < -0.4 is 10.9 Å². The molecule has 0 atom stereocenters. The van der Waals surface area contributed by atoms with Crippen LogP contribution in [0, 0.1) is 17.1 Å². The highest BCUT2D eigenvalue weighted by Crippen LogP contribution is 2.23. The third kappa shape index (κ3) is 4.57. The number of amides is 1. The molecule has 1 heterocycles. The molecule has 0 aliphatic heterocycles. The van der Waals surface area contributed by atoms with Gasteiger partial charge in [0.25, 0.3) is 5.56 Å². The van der Waals surface area contributed by atoms with Gasteiger partial charge in [-0.25, -0.2) is 9.37 Å². The molecule has 0 fully saturated rings. The molecule has 0 saturated heterocycles. The maximum absolute atomic E-state index is 13.6. The van der Waals surface area contributed by atoms with E-state index in [1.807, 2.05) is 6.07 Å². The lowest BCUT2D eigenvalue weighted by Crippen LogP contribution is -2.18. The molecule has 1 amide bonds. The highest BCUT2D eigenvalue weighted by atomic mass is 35.5. The lowest BCUT2D eigenvalue weighted by molar-refractivity contribution is -0.113. The van der Waals surface area contributed by atoms with Crippen LogP contribution >= 0.6 is 23.4 Å². The van der Waals surface area contributed by atoms with Gasteiger partial charge in [-0.05, 0) is 24.3 Å². The minimum Gasteiger partial charge on any atom is -0.323 e. The van der Waals surface area contributed by atoms with Crippen molar-refractivity contribution in [2.45, 2.75) is 5.16 Å². The topological polar surface area (TPSA) is 98.6 Å². The fourth-order valence-corrected chi connectivity index (χ4v) is 3.11. The summed E-state index contributed by atoms with van der Waals surface area (Å²) in [6.45, 7) is 0. The molecule has 0 spiro atoms. The van der Waals surface area contributed by atoms with Crippen LogP contribution in [0.4, 0.5) is 10.1 Å². The van der Waals surface area contributed by atoms with Gasteiger partial charge in [-0.1, -0.05) is 47.6 Å². The maximum atomic E-state index is 13.6. The average Bonchev–Trinajstić information content (AvgIpc) is 2.68. The van der Waals surface area contributed by atoms with Gasteiger partial charge < -0.3 is 10.3 Å². The number of hydrogen-bond donors (Lipinski definition) is 2. The second kappa shape index (κ2) is 8.69. The van der Waals surface area contributed by atoms with E-state index in [-0.39, 0.29) is 27.9 Å². The van der Waals surface area contributed by atoms with Crippen molar-refractivity contribution in [3.8, 4) is 17.3 Å². The van der Waals surface area contributed by atoms with Crippen molar-refractivity contribution in [1.82, 2.24) is 9.97 Å². The zero-order valence-electron chi connectivity index (χ0n) is 14.2. The van der Waals surface area contributed by atoms with Gasteiger partial charge in [0, 0.05) is 10.6 Å². The summed E-state index contributed by atoms with van der Waals surface area (Å²) >= 11 is 6.83. The van der Waals surface area contributed by atoms with E-state index >= 15 is 0 Å². The first-order chi connectivity index (χ1) is 13.5. The summed E-state index contributed by atoms with van der Waals surface area (Å²) in [7, 11) is 0. The Balaban J connectivity index is 1.80. The standard InChI is InChI=1S/C19H12ClFN4O2S/c20-12-7-5-11(6-8-12)17-13(9-22)18(27)25-19(24-17)28-10-16(26)23-15-4-2-1-3-14(15)21/h1-8H,10H2,(H,23,26)(H,24,25,27). The molecule has 9 heteroatoms. The van der Waals surface area contributed by atoms with E-state index in [0.29, 0.717) is 10.6 Å². The number of thioether (sulfide) groups is 1. The van der Waals surface area contributed by atoms with Gasteiger partial charge in [-0.2, -0.15) is 5.26 Å². The Labute approximate surface area is 168 Å². The van der Waals surface area contributed by atoms with Gasteiger partial charge in [0.2, 0.25) is 5.91 Å². The van der Waals surface area contributed by atoms with Gasteiger partial charge in [-0.3, -0.25) is 9.59 Å². The highest BCUT2D eigenvalue weighted by molar-refractivity contribution is 7.99. The molecule has 0 unspecified atom stereocenters. The van der Waals surface area contributed by atoms with Gasteiger partial charge in [0.1, 0.15) is 17.4 Å².